The lowest BCUT2D eigenvalue weighted by Crippen LogP contribution is -2.29. The highest BCUT2D eigenvalue weighted by Crippen LogP contribution is 2.41. The van der Waals surface area contributed by atoms with Crippen LogP contribution in [-0.4, -0.2) is 12.5 Å². The molecule has 2 heterocycles. The molecule has 4 aromatic rings. The third-order valence-electron chi connectivity index (χ3n) is 6.86. The molecule has 0 spiro atoms. The number of hydrogen-bond acceptors (Lipinski definition) is 4. The Bertz CT molecular complexity index is 1450. The molecule has 5 nitrogen and oxygen atoms in total. The number of hydrogen-bond donors (Lipinski definition) is 0. The summed E-state index contributed by atoms with van der Waals surface area (Å²) in [6.45, 7) is 6.87. The summed E-state index contributed by atoms with van der Waals surface area (Å²) in [5.74, 6) is 0.582. The van der Waals surface area contributed by atoms with Gasteiger partial charge >= 0.3 is 0 Å². The molecule has 5 heteroatoms. The van der Waals surface area contributed by atoms with Crippen molar-refractivity contribution in [3.63, 3.8) is 0 Å². The molecule has 1 amide bonds. The topological polar surface area (TPSA) is 59.8 Å². The van der Waals surface area contributed by atoms with Crippen molar-refractivity contribution in [2.24, 2.45) is 0 Å². The smallest absolute Gasteiger partial charge is 0.295 e. The van der Waals surface area contributed by atoms with Crippen LogP contribution < -0.4 is 15.1 Å². The molecule has 0 radical (unpaired) electrons. The fraction of sp³-hybridized carbons (Fsp3) is 0.290. The quantitative estimate of drug-likeness (QED) is 0.255. The Morgan fingerprint density at radius 1 is 0.917 bits per heavy atom. The molecule has 0 saturated heterocycles. The van der Waals surface area contributed by atoms with Crippen LogP contribution in [0.25, 0.3) is 11.0 Å². The van der Waals surface area contributed by atoms with Crippen LogP contribution in [0.1, 0.15) is 72.0 Å². The minimum atomic E-state index is -0.588. The van der Waals surface area contributed by atoms with Gasteiger partial charge in [0.05, 0.1) is 23.6 Å². The van der Waals surface area contributed by atoms with E-state index in [9.17, 15) is 9.59 Å². The fourth-order valence-electron chi connectivity index (χ4n) is 4.85. The first kappa shape index (κ1) is 23.9. The van der Waals surface area contributed by atoms with Gasteiger partial charge in [0.1, 0.15) is 11.3 Å². The molecule has 1 aliphatic rings. The molecule has 1 aromatic heterocycles. The molecule has 184 valence electrons. The van der Waals surface area contributed by atoms with Crippen molar-refractivity contribution in [2.75, 3.05) is 11.5 Å². The molecular formula is C31H31NO4. The van der Waals surface area contributed by atoms with E-state index < -0.39 is 6.04 Å². The van der Waals surface area contributed by atoms with Crippen molar-refractivity contribution in [3.05, 3.63) is 105 Å². The lowest BCUT2D eigenvalue weighted by atomic mass is 9.97. The second-order valence-corrected chi connectivity index (χ2v) is 9.40. The summed E-state index contributed by atoms with van der Waals surface area (Å²) in [6.07, 6.45) is 4.19. The van der Waals surface area contributed by atoms with Crippen molar-refractivity contribution in [1.82, 2.24) is 0 Å². The summed E-state index contributed by atoms with van der Waals surface area (Å²) >= 11 is 0. The Balaban J connectivity index is 1.61. The van der Waals surface area contributed by atoms with Crippen molar-refractivity contribution < 1.29 is 13.9 Å². The van der Waals surface area contributed by atoms with Crippen LogP contribution in [0, 0.1) is 6.92 Å². The maximum Gasteiger partial charge on any atom is 0.295 e. The van der Waals surface area contributed by atoms with Crippen LogP contribution in [0.5, 0.6) is 5.75 Å². The van der Waals surface area contributed by atoms with E-state index in [0.29, 0.717) is 23.1 Å². The van der Waals surface area contributed by atoms with Crippen LogP contribution >= 0.6 is 0 Å². The highest BCUT2D eigenvalue weighted by atomic mass is 16.5. The van der Waals surface area contributed by atoms with E-state index in [1.165, 1.54) is 5.56 Å². The SMILES string of the molecule is CCCCCOc1ccc(C2c3c(oc4ccc(C)cc4c3=O)C(=O)N2c2ccc(CC)cc2)cc1. The van der Waals surface area contributed by atoms with E-state index in [2.05, 4.69) is 13.8 Å². The van der Waals surface area contributed by atoms with Gasteiger partial charge < -0.3 is 9.15 Å². The lowest BCUT2D eigenvalue weighted by Gasteiger charge is -2.25. The Hall–Kier alpha value is -3.86. The number of carbonyl (C=O) groups excluding carboxylic acids is 1. The molecule has 0 saturated carbocycles. The van der Waals surface area contributed by atoms with E-state index in [4.69, 9.17) is 9.15 Å². The molecule has 5 rings (SSSR count). The Labute approximate surface area is 211 Å². The number of fused-ring (bicyclic) bond motifs is 2. The molecule has 1 unspecified atom stereocenters. The molecular weight excluding hydrogens is 450 g/mol. The molecule has 1 atom stereocenters. The van der Waals surface area contributed by atoms with E-state index in [1.807, 2.05) is 67.6 Å². The minimum absolute atomic E-state index is 0.112. The van der Waals surface area contributed by atoms with Gasteiger partial charge in [0.15, 0.2) is 5.43 Å². The van der Waals surface area contributed by atoms with Gasteiger partial charge in [-0.3, -0.25) is 14.5 Å². The zero-order valence-electron chi connectivity index (χ0n) is 21.0. The van der Waals surface area contributed by atoms with E-state index >= 15 is 0 Å². The monoisotopic (exact) mass is 481 g/mol. The number of benzene rings is 3. The van der Waals surface area contributed by atoms with Crippen LogP contribution in [0.15, 0.2) is 75.9 Å². The fourth-order valence-corrected chi connectivity index (χ4v) is 4.85. The van der Waals surface area contributed by atoms with Gasteiger partial charge in [-0.1, -0.05) is 62.6 Å². The largest absolute Gasteiger partial charge is 0.494 e. The summed E-state index contributed by atoms with van der Waals surface area (Å²) in [7, 11) is 0. The third-order valence-corrected chi connectivity index (χ3v) is 6.86. The zero-order valence-corrected chi connectivity index (χ0v) is 21.0. The molecule has 36 heavy (non-hydrogen) atoms. The maximum atomic E-state index is 13.8. The summed E-state index contributed by atoms with van der Waals surface area (Å²) < 4.78 is 12.0. The van der Waals surface area contributed by atoms with Gasteiger partial charge in [0, 0.05) is 5.69 Å². The number of ether oxygens (including phenoxy) is 1. The van der Waals surface area contributed by atoms with Gasteiger partial charge in [-0.05, 0) is 67.3 Å². The van der Waals surface area contributed by atoms with Crippen LogP contribution in [0.4, 0.5) is 5.69 Å². The third kappa shape index (κ3) is 4.30. The van der Waals surface area contributed by atoms with Gasteiger partial charge in [-0.2, -0.15) is 0 Å². The molecule has 0 aliphatic carbocycles. The first-order valence-electron chi connectivity index (χ1n) is 12.7. The number of amides is 1. The molecule has 0 N–H and O–H groups in total. The Morgan fingerprint density at radius 2 is 1.67 bits per heavy atom. The first-order chi connectivity index (χ1) is 17.5. The molecule has 1 aliphatic heterocycles. The van der Waals surface area contributed by atoms with Gasteiger partial charge in [-0.25, -0.2) is 0 Å². The number of anilines is 1. The highest BCUT2D eigenvalue weighted by molar-refractivity contribution is 6.10. The number of carbonyl (C=O) groups is 1. The average Bonchev–Trinajstić information content (AvgIpc) is 3.20. The van der Waals surface area contributed by atoms with Gasteiger partial charge in [0.2, 0.25) is 5.76 Å². The van der Waals surface area contributed by atoms with Crippen molar-refractivity contribution in [2.45, 2.75) is 52.5 Å². The summed E-state index contributed by atoms with van der Waals surface area (Å²) in [6, 6.07) is 20.5. The van der Waals surface area contributed by atoms with Crippen LogP contribution in [0.2, 0.25) is 0 Å². The maximum absolute atomic E-state index is 13.8. The number of nitrogens with zero attached hydrogens (tertiary/aromatic N) is 1. The zero-order chi connectivity index (χ0) is 25.2. The van der Waals surface area contributed by atoms with E-state index in [1.54, 1.807) is 11.0 Å². The van der Waals surface area contributed by atoms with E-state index in [-0.39, 0.29) is 17.1 Å². The predicted octanol–water partition coefficient (Wildman–Crippen LogP) is 6.98. The molecule has 0 bridgehead atoms. The van der Waals surface area contributed by atoms with Gasteiger partial charge in [-0.15, -0.1) is 0 Å². The highest BCUT2D eigenvalue weighted by Gasteiger charge is 2.43. The Morgan fingerprint density at radius 3 is 2.36 bits per heavy atom. The van der Waals surface area contributed by atoms with E-state index in [0.717, 1.165) is 48.2 Å². The van der Waals surface area contributed by atoms with Crippen molar-refractivity contribution >= 4 is 22.6 Å². The predicted molar refractivity (Wildman–Crippen MR) is 143 cm³/mol. The second kappa shape index (κ2) is 10.0. The Kier molecular flexibility index (Phi) is 6.64. The summed E-state index contributed by atoms with van der Waals surface area (Å²) in [5, 5.41) is 0.491. The van der Waals surface area contributed by atoms with Crippen LogP contribution in [0.3, 0.4) is 0 Å². The number of rotatable bonds is 8. The van der Waals surface area contributed by atoms with Gasteiger partial charge in [0.25, 0.3) is 5.91 Å². The first-order valence-corrected chi connectivity index (χ1v) is 12.7. The minimum Gasteiger partial charge on any atom is -0.494 e. The van der Waals surface area contributed by atoms with Crippen LogP contribution in [-0.2, 0) is 6.42 Å². The standard InChI is InChI=1S/C31H31NO4/c1-4-6-7-18-35-24-15-11-22(12-16-24)28-27-29(33)25-19-20(3)8-17-26(25)36-30(27)31(34)32(28)23-13-9-21(5-2)10-14-23/h8-17,19,28H,4-7,18H2,1-3H3. The second-order valence-electron chi connectivity index (χ2n) is 9.40. The number of aryl methyl sites for hydroxylation is 2. The normalized spacial score (nSPS) is 14.9. The van der Waals surface area contributed by atoms with Crippen molar-refractivity contribution in [3.8, 4) is 5.75 Å². The van der Waals surface area contributed by atoms with Crippen molar-refractivity contribution in [1.29, 1.82) is 0 Å². The summed E-state index contributed by atoms with van der Waals surface area (Å²) in [4.78, 5) is 29.2. The molecule has 3 aromatic carbocycles. The summed E-state index contributed by atoms with van der Waals surface area (Å²) in [5.41, 5.74) is 4.35. The number of unbranched alkanes of at least 4 members (excludes halogenated alkanes) is 2. The molecule has 0 fully saturated rings. The average molecular weight is 482 g/mol. The lowest BCUT2D eigenvalue weighted by molar-refractivity contribution is 0.0971.